The highest BCUT2D eigenvalue weighted by molar-refractivity contribution is 5.77. The molecular weight excluding hydrogens is 204 g/mol. The summed E-state index contributed by atoms with van der Waals surface area (Å²) in [4.78, 5) is 4.18. The molecular formula is C11H14N4O. The maximum atomic E-state index is 5.81. The normalized spacial score (nSPS) is 10.4. The lowest BCUT2D eigenvalue weighted by molar-refractivity contribution is 0.397. The molecule has 0 unspecified atom stereocenters. The van der Waals surface area contributed by atoms with Crippen LogP contribution in [0.4, 0.5) is 5.82 Å². The average Bonchev–Trinajstić information content (AvgIpc) is 2.59. The van der Waals surface area contributed by atoms with Crippen LogP contribution in [0.3, 0.4) is 0 Å². The Bertz CT molecular complexity index is 499. The fourth-order valence-corrected chi connectivity index (χ4v) is 1.69. The monoisotopic (exact) mass is 218 g/mol. The number of nitrogens with zero attached hydrogens (tertiary/aromatic N) is 2. The summed E-state index contributed by atoms with van der Waals surface area (Å²) in [5.74, 6) is 1.09. The molecule has 5 heteroatoms. The highest BCUT2D eigenvalue weighted by Gasteiger charge is 2.13. The zero-order chi connectivity index (χ0) is 11.7. The maximum absolute atomic E-state index is 5.81. The number of aryl methyl sites for hydroxylation is 2. The minimum atomic E-state index is 0.493. The highest BCUT2D eigenvalue weighted by Crippen LogP contribution is 2.30. The van der Waals surface area contributed by atoms with Crippen molar-refractivity contribution in [1.29, 1.82) is 0 Å². The van der Waals surface area contributed by atoms with Gasteiger partial charge in [0.25, 0.3) is 0 Å². The number of pyridine rings is 1. The first-order valence-electron chi connectivity index (χ1n) is 4.95. The van der Waals surface area contributed by atoms with Crippen molar-refractivity contribution in [1.82, 2.24) is 15.2 Å². The van der Waals surface area contributed by atoms with Gasteiger partial charge >= 0.3 is 0 Å². The van der Waals surface area contributed by atoms with Gasteiger partial charge in [-0.1, -0.05) is 0 Å². The molecule has 2 aromatic heterocycles. The number of H-pyrrole nitrogens is 1. The van der Waals surface area contributed by atoms with Crippen LogP contribution < -0.4 is 10.5 Å². The number of aromatic nitrogens is 3. The van der Waals surface area contributed by atoms with Gasteiger partial charge in [-0.25, -0.2) is 4.98 Å². The molecule has 0 radical (unpaired) electrons. The summed E-state index contributed by atoms with van der Waals surface area (Å²) < 4.78 is 5.06. The molecule has 2 aromatic rings. The number of hydrogen-bond donors (Lipinski definition) is 2. The molecule has 2 rings (SSSR count). The largest absolute Gasteiger partial charge is 0.481 e. The van der Waals surface area contributed by atoms with Crippen molar-refractivity contribution < 1.29 is 4.74 Å². The van der Waals surface area contributed by atoms with E-state index in [1.54, 1.807) is 13.3 Å². The van der Waals surface area contributed by atoms with Crippen LogP contribution in [0.25, 0.3) is 11.1 Å². The van der Waals surface area contributed by atoms with Crippen molar-refractivity contribution in [2.75, 3.05) is 12.8 Å². The van der Waals surface area contributed by atoms with Gasteiger partial charge in [0, 0.05) is 29.1 Å². The van der Waals surface area contributed by atoms with E-state index in [0.717, 1.165) is 22.4 Å². The van der Waals surface area contributed by atoms with Gasteiger partial charge in [0.1, 0.15) is 0 Å². The van der Waals surface area contributed by atoms with Crippen LogP contribution in [0.15, 0.2) is 12.3 Å². The van der Waals surface area contributed by atoms with Gasteiger partial charge in [0.05, 0.1) is 7.11 Å². The number of methoxy groups -OCH3 is 1. The number of anilines is 1. The molecule has 5 nitrogen and oxygen atoms in total. The summed E-state index contributed by atoms with van der Waals surface area (Å²) in [7, 11) is 1.60. The molecule has 84 valence electrons. The molecule has 0 amide bonds. The number of hydrogen-bond acceptors (Lipinski definition) is 4. The Morgan fingerprint density at radius 3 is 2.62 bits per heavy atom. The zero-order valence-electron chi connectivity index (χ0n) is 9.53. The first-order valence-corrected chi connectivity index (χ1v) is 4.95. The van der Waals surface area contributed by atoms with Crippen LogP contribution in [-0.4, -0.2) is 22.3 Å². The van der Waals surface area contributed by atoms with Crippen molar-refractivity contribution in [3.8, 4) is 17.0 Å². The number of nitrogens with one attached hydrogen (secondary N) is 1. The predicted molar refractivity (Wildman–Crippen MR) is 62.3 cm³/mol. The smallest absolute Gasteiger partial charge is 0.213 e. The van der Waals surface area contributed by atoms with E-state index in [1.807, 2.05) is 19.9 Å². The summed E-state index contributed by atoms with van der Waals surface area (Å²) >= 11 is 0. The zero-order valence-corrected chi connectivity index (χ0v) is 9.53. The van der Waals surface area contributed by atoms with Crippen molar-refractivity contribution in [3.63, 3.8) is 0 Å². The second-order valence-electron chi connectivity index (χ2n) is 3.65. The Hall–Kier alpha value is -2.04. The highest BCUT2D eigenvalue weighted by atomic mass is 16.5. The van der Waals surface area contributed by atoms with E-state index in [9.17, 15) is 0 Å². The minimum Gasteiger partial charge on any atom is -0.481 e. The summed E-state index contributed by atoms with van der Waals surface area (Å²) in [6, 6.07) is 1.88. The Morgan fingerprint density at radius 1 is 1.38 bits per heavy atom. The van der Waals surface area contributed by atoms with Gasteiger partial charge in [-0.15, -0.1) is 0 Å². The third-order valence-electron chi connectivity index (χ3n) is 2.54. The number of aromatic amines is 1. The fourth-order valence-electron chi connectivity index (χ4n) is 1.69. The van der Waals surface area contributed by atoms with Crippen molar-refractivity contribution in [3.05, 3.63) is 23.5 Å². The number of nitrogens with two attached hydrogens (primary N) is 1. The molecule has 3 N–H and O–H groups in total. The van der Waals surface area contributed by atoms with Gasteiger partial charge in [-0.05, 0) is 19.4 Å². The molecule has 16 heavy (non-hydrogen) atoms. The number of rotatable bonds is 2. The molecule has 0 bridgehead atoms. The van der Waals surface area contributed by atoms with Crippen LogP contribution in [0.5, 0.6) is 5.88 Å². The van der Waals surface area contributed by atoms with E-state index in [1.165, 1.54) is 0 Å². The Morgan fingerprint density at radius 2 is 2.12 bits per heavy atom. The van der Waals surface area contributed by atoms with E-state index in [2.05, 4.69) is 15.2 Å². The molecule has 0 aliphatic rings. The first kappa shape index (κ1) is 10.5. The van der Waals surface area contributed by atoms with Crippen molar-refractivity contribution in [2.24, 2.45) is 0 Å². The molecule has 0 aliphatic carbocycles. The molecule has 0 saturated heterocycles. The Kier molecular flexibility index (Phi) is 2.52. The molecule has 0 spiro atoms. The lowest BCUT2D eigenvalue weighted by atomic mass is 10.0. The van der Waals surface area contributed by atoms with Crippen LogP contribution in [0, 0.1) is 13.8 Å². The van der Waals surface area contributed by atoms with Gasteiger partial charge < -0.3 is 10.5 Å². The second kappa shape index (κ2) is 3.84. The lowest BCUT2D eigenvalue weighted by Crippen LogP contribution is -1.94. The SMILES string of the molecule is COc1cc(C)c(-c2c(N)n[nH]c2C)cn1. The standard InChI is InChI=1S/C11H14N4O/c1-6-4-9(16-3)13-5-8(6)10-7(2)14-15-11(10)12/h4-5H,1-3H3,(H3,12,14,15). The van der Waals surface area contributed by atoms with E-state index in [4.69, 9.17) is 10.5 Å². The van der Waals surface area contributed by atoms with Gasteiger partial charge in [-0.3, -0.25) is 5.10 Å². The predicted octanol–water partition coefficient (Wildman–Crippen LogP) is 1.68. The van der Waals surface area contributed by atoms with E-state index < -0.39 is 0 Å². The number of ether oxygens (including phenoxy) is 1. The molecule has 0 aliphatic heterocycles. The summed E-state index contributed by atoms with van der Waals surface area (Å²) in [6.07, 6.45) is 1.75. The summed E-state index contributed by atoms with van der Waals surface area (Å²) in [5.41, 5.74) is 9.69. The van der Waals surface area contributed by atoms with E-state index >= 15 is 0 Å². The molecule has 2 heterocycles. The summed E-state index contributed by atoms with van der Waals surface area (Å²) in [5, 5.41) is 6.83. The van der Waals surface area contributed by atoms with E-state index in [0.29, 0.717) is 11.7 Å². The third-order valence-corrected chi connectivity index (χ3v) is 2.54. The quantitative estimate of drug-likeness (QED) is 0.804. The third kappa shape index (κ3) is 1.60. The minimum absolute atomic E-state index is 0.493. The van der Waals surface area contributed by atoms with Gasteiger partial charge in [-0.2, -0.15) is 5.10 Å². The van der Waals surface area contributed by atoms with Crippen LogP contribution in [0.1, 0.15) is 11.3 Å². The van der Waals surface area contributed by atoms with Crippen LogP contribution in [-0.2, 0) is 0 Å². The molecule has 0 fully saturated rings. The van der Waals surface area contributed by atoms with E-state index in [-0.39, 0.29) is 0 Å². The van der Waals surface area contributed by atoms with Gasteiger partial charge in [0.15, 0.2) is 5.82 Å². The number of nitrogen functional groups attached to an aromatic ring is 1. The Balaban J connectivity index is 2.57. The molecule has 0 atom stereocenters. The van der Waals surface area contributed by atoms with Crippen molar-refractivity contribution in [2.45, 2.75) is 13.8 Å². The average molecular weight is 218 g/mol. The lowest BCUT2D eigenvalue weighted by Gasteiger charge is -2.07. The first-order chi connectivity index (χ1) is 7.63. The summed E-state index contributed by atoms with van der Waals surface area (Å²) in [6.45, 7) is 3.92. The molecule has 0 saturated carbocycles. The topological polar surface area (TPSA) is 76.8 Å². The van der Waals surface area contributed by atoms with Crippen LogP contribution >= 0.6 is 0 Å². The van der Waals surface area contributed by atoms with Crippen LogP contribution in [0.2, 0.25) is 0 Å². The maximum Gasteiger partial charge on any atom is 0.213 e. The fraction of sp³-hybridized carbons (Fsp3) is 0.273. The second-order valence-corrected chi connectivity index (χ2v) is 3.65. The van der Waals surface area contributed by atoms with Gasteiger partial charge in [0.2, 0.25) is 5.88 Å². The Labute approximate surface area is 93.7 Å². The molecule has 0 aromatic carbocycles. The van der Waals surface area contributed by atoms with Crippen molar-refractivity contribution >= 4 is 5.82 Å².